The fourth-order valence-corrected chi connectivity index (χ4v) is 2.26. The number of hydrogen-bond donors (Lipinski definition) is 1. The van der Waals surface area contributed by atoms with Gasteiger partial charge in [-0.1, -0.05) is 25.5 Å². The van der Waals surface area contributed by atoms with Crippen molar-refractivity contribution in [2.24, 2.45) is 0 Å². The van der Waals surface area contributed by atoms with Crippen molar-refractivity contribution < 1.29 is 23.0 Å². The van der Waals surface area contributed by atoms with Crippen molar-refractivity contribution in [2.75, 3.05) is 0 Å². The molecular weight excluding hydrogens is 297 g/mol. The maximum Gasteiger partial charge on any atom is 0.573 e. The Hall–Kier alpha value is -2.15. The van der Waals surface area contributed by atoms with Crippen molar-refractivity contribution in [1.29, 1.82) is 0 Å². The summed E-state index contributed by atoms with van der Waals surface area (Å²) in [5, 5.41) is 10.9. The zero-order valence-electron chi connectivity index (χ0n) is 11.8. The molecule has 0 amide bonds. The second kappa shape index (κ2) is 6.31. The van der Waals surface area contributed by atoms with E-state index in [9.17, 15) is 18.3 Å². The van der Waals surface area contributed by atoms with E-state index in [0.29, 0.717) is 24.0 Å². The molecule has 0 saturated heterocycles. The van der Waals surface area contributed by atoms with E-state index in [1.807, 2.05) is 6.92 Å². The number of aromatic nitrogens is 2. The van der Waals surface area contributed by atoms with Gasteiger partial charge in [0.15, 0.2) is 0 Å². The van der Waals surface area contributed by atoms with Gasteiger partial charge in [0, 0.05) is 18.0 Å². The second-order valence-corrected chi connectivity index (χ2v) is 4.81. The van der Waals surface area contributed by atoms with Crippen LogP contribution in [0.3, 0.4) is 0 Å². The van der Waals surface area contributed by atoms with Crippen LogP contribution in [-0.2, 0) is 5.60 Å². The molecule has 0 saturated carbocycles. The van der Waals surface area contributed by atoms with E-state index in [1.54, 1.807) is 0 Å². The molecule has 1 unspecified atom stereocenters. The average molecular weight is 312 g/mol. The Bertz CT molecular complexity index is 602. The van der Waals surface area contributed by atoms with Gasteiger partial charge in [0.05, 0.1) is 0 Å². The summed E-state index contributed by atoms with van der Waals surface area (Å²) in [5.74, 6) is -0.334. The number of rotatable bonds is 5. The van der Waals surface area contributed by atoms with Gasteiger partial charge >= 0.3 is 6.36 Å². The van der Waals surface area contributed by atoms with Crippen LogP contribution in [0.5, 0.6) is 5.75 Å². The van der Waals surface area contributed by atoms with Crippen LogP contribution in [0.25, 0.3) is 0 Å². The first-order chi connectivity index (χ1) is 10.3. The quantitative estimate of drug-likeness (QED) is 0.919. The maximum atomic E-state index is 12.2. The summed E-state index contributed by atoms with van der Waals surface area (Å²) in [7, 11) is 0. The predicted molar refractivity (Wildman–Crippen MR) is 73.1 cm³/mol. The summed E-state index contributed by atoms with van der Waals surface area (Å²) in [6, 6.07) is 5.16. The minimum absolute atomic E-state index is 0.334. The molecule has 1 heterocycles. The topological polar surface area (TPSA) is 55.2 Å². The van der Waals surface area contributed by atoms with Crippen LogP contribution in [0.15, 0.2) is 43.0 Å². The highest BCUT2D eigenvalue weighted by Gasteiger charge is 2.33. The third-order valence-corrected chi connectivity index (χ3v) is 3.22. The number of benzene rings is 1. The molecule has 1 aromatic carbocycles. The highest BCUT2D eigenvalue weighted by Crippen LogP contribution is 2.34. The minimum atomic E-state index is -4.74. The molecule has 0 radical (unpaired) electrons. The van der Waals surface area contributed by atoms with Crippen molar-refractivity contribution in [1.82, 2.24) is 9.97 Å². The van der Waals surface area contributed by atoms with Gasteiger partial charge in [0.2, 0.25) is 0 Å². The van der Waals surface area contributed by atoms with Crippen molar-refractivity contribution in [3.63, 3.8) is 0 Å². The highest BCUT2D eigenvalue weighted by atomic mass is 19.4. The molecule has 0 aliphatic carbocycles. The van der Waals surface area contributed by atoms with Crippen LogP contribution in [0, 0.1) is 0 Å². The third kappa shape index (κ3) is 3.73. The number of alkyl halides is 3. The lowest BCUT2D eigenvalue weighted by atomic mass is 9.84. The normalized spacial score (nSPS) is 14.4. The van der Waals surface area contributed by atoms with E-state index in [1.165, 1.54) is 43.0 Å². The second-order valence-electron chi connectivity index (χ2n) is 4.81. The molecular formula is C15H15F3N2O2. The van der Waals surface area contributed by atoms with E-state index < -0.39 is 12.0 Å². The molecule has 0 fully saturated rings. The first-order valence-corrected chi connectivity index (χ1v) is 6.69. The van der Waals surface area contributed by atoms with Gasteiger partial charge in [-0.05, 0) is 24.1 Å². The third-order valence-electron chi connectivity index (χ3n) is 3.22. The molecule has 0 bridgehead atoms. The molecule has 22 heavy (non-hydrogen) atoms. The summed E-state index contributed by atoms with van der Waals surface area (Å²) in [6.07, 6.45) is 0.641. The average Bonchev–Trinajstić information content (AvgIpc) is 2.47. The maximum absolute atomic E-state index is 12.2. The molecule has 0 spiro atoms. The highest BCUT2D eigenvalue weighted by molar-refractivity contribution is 5.37. The lowest BCUT2D eigenvalue weighted by Gasteiger charge is -2.28. The van der Waals surface area contributed by atoms with Gasteiger partial charge in [0.25, 0.3) is 0 Å². The summed E-state index contributed by atoms with van der Waals surface area (Å²) in [6.45, 7) is 1.90. The molecule has 0 aliphatic heterocycles. The number of ether oxygens (including phenoxy) is 1. The van der Waals surface area contributed by atoms with Gasteiger partial charge in [-0.15, -0.1) is 13.2 Å². The molecule has 1 aromatic heterocycles. The molecule has 0 aliphatic rings. The van der Waals surface area contributed by atoms with E-state index in [2.05, 4.69) is 14.7 Å². The first kappa shape index (κ1) is 16.2. The van der Waals surface area contributed by atoms with Crippen molar-refractivity contribution in [2.45, 2.75) is 31.7 Å². The molecule has 7 heteroatoms. The fraction of sp³-hybridized carbons (Fsp3) is 0.333. The Morgan fingerprint density at radius 2 is 1.64 bits per heavy atom. The number of aliphatic hydroxyl groups is 1. The molecule has 4 nitrogen and oxygen atoms in total. The standard InChI is InChI=1S/C15H15F3N2O2/c1-2-7-14(21,12-8-19-10-20-9-12)11-3-5-13(6-4-11)22-15(16,17)18/h3-6,8-10,21H,2,7H2,1H3. The Morgan fingerprint density at radius 1 is 1.05 bits per heavy atom. The van der Waals surface area contributed by atoms with E-state index in [4.69, 9.17) is 0 Å². The smallest absolute Gasteiger partial charge is 0.406 e. The Balaban J connectivity index is 2.34. The Kier molecular flexibility index (Phi) is 4.65. The van der Waals surface area contributed by atoms with Gasteiger partial charge in [-0.2, -0.15) is 0 Å². The van der Waals surface area contributed by atoms with Crippen LogP contribution in [-0.4, -0.2) is 21.4 Å². The number of nitrogens with zero attached hydrogens (tertiary/aromatic N) is 2. The summed E-state index contributed by atoms with van der Waals surface area (Å²) < 4.78 is 40.3. The molecule has 118 valence electrons. The number of halogens is 3. The van der Waals surface area contributed by atoms with Gasteiger partial charge in [-0.25, -0.2) is 9.97 Å². The van der Waals surface area contributed by atoms with Crippen molar-refractivity contribution in [3.8, 4) is 5.75 Å². The SMILES string of the molecule is CCCC(O)(c1ccc(OC(F)(F)F)cc1)c1cncnc1. The largest absolute Gasteiger partial charge is 0.573 e. The molecule has 2 aromatic rings. The van der Waals surface area contributed by atoms with Crippen molar-refractivity contribution in [3.05, 3.63) is 54.1 Å². The van der Waals surface area contributed by atoms with Crippen LogP contribution in [0.4, 0.5) is 13.2 Å². The molecule has 2 rings (SSSR count). The Morgan fingerprint density at radius 3 is 2.14 bits per heavy atom. The fourth-order valence-electron chi connectivity index (χ4n) is 2.26. The van der Waals surface area contributed by atoms with E-state index in [-0.39, 0.29) is 5.75 Å². The zero-order valence-corrected chi connectivity index (χ0v) is 11.8. The van der Waals surface area contributed by atoms with Crippen LogP contribution < -0.4 is 4.74 Å². The number of hydrogen-bond acceptors (Lipinski definition) is 4. The zero-order chi connectivity index (χ0) is 16.2. The van der Waals surface area contributed by atoms with Crippen LogP contribution >= 0.6 is 0 Å². The summed E-state index contributed by atoms with van der Waals surface area (Å²) >= 11 is 0. The lowest BCUT2D eigenvalue weighted by molar-refractivity contribution is -0.274. The van der Waals surface area contributed by atoms with Crippen molar-refractivity contribution >= 4 is 0 Å². The van der Waals surface area contributed by atoms with Gasteiger partial charge in [0.1, 0.15) is 17.7 Å². The Labute approximate surface area is 125 Å². The van der Waals surface area contributed by atoms with E-state index in [0.717, 1.165) is 0 Å². The van der Waals surface area contributed by atoms with E-state index >= 15 is 0 Å². The first-order valence-electron chi connectivity index (χ1n) is 6.69. The van der Waals surface area contributed by atoms with Crippen LogP contribution in [0.2, 0.25) is 0 Å². The molecule has 1 N–H and O–H groups in total. The summed E-state index contributed by atoms with van der Waals surface area (Å²) in [4.78, 5) is 7.76. The predicted octanol–water partition coefficient (Wildman–Crippen LogP) is 3.41. The minimum Gasteiger partial charge on any atom is -0.406 e. The summed E-state index contributed by atoms with van der Waals surface area (Å²) in [5.41, 5.74) is -0.410. The monoisotopic (exact) mass is 312 g/mol. The molecule has 1 atom stereocenters. The van der Waals surface area contributed by atoms with Gasteiger partial charge < -0.3 is 9.84 Å². The lowest BCUT2D eigenvalue weighted by Crippen LogP contribution is -2.27. The van der Waals surface area contributed by atoms with Gasteiger partial charge in [-0.3, -0.25) is 0 Å². The van der Waals surface area contributed by atoms with Crippen LogP contribution in [0.1, 0.15) is 30.9 Å².